The highest BCUT2D eigenvalue weighted by molar-refractivity contribution is 7.93. The molecule has 7 nitrogen and oxygen atoms in total. The molecule has 8 heteroatoms. The molecule has 1 atom stereocenters. The predicted octanol–water partition coefficient (Wildman–Crippen LogP) is 3.22. The van der Waals surface area contributed by atoms with Crippen LogP contribution in [-0.4, -0.2) is 43.2 Å². The van der Waals surface area contributed by atoms with Crippen LogP contribution >= 0.6 is 0 Å². The lowest BCUT2D eigenvalue weighted by Gasteiger charge is -2.37. The number of pyridine rings is 1. The Hall–Kier alpha value is -2.45. The molecule has 2 fully saturated rings. The zero-order valence-electron chi connectivity index (χ0n) is 17.5. The average Bonchev–Trinajstić information content (AvgIpc) is 2.81. The maximum Gasteiger partial charge on any atom is 0.242 e. The number of nitrogens with zero attached hydrogens (tertiary/aromatic N) is 1. The summed E-state index contributed by atoms with van der Waals surface area (Å²) in [5.41, 5.74) is 0. The van der Waals surface area contributed by atoms with Gasteiger partial charge in [-0.05, 0) is 44.4 Å². The van der Waals surface area contributed by atoms with Crippen molar-refractivity contribution in [3.05, 3.63) is 48.8 Å². The summed E-state index contributed by atoms with van der Waals surface area (Å²) in [4.78, 5) is 17.5. The quantitative estimate of drug-likeness (QED) is 0.712. The number of amides is 1. The van der Waals surface area contributed by atoms with E-state index < -0.39 is 20.5 Å². The van der Waals surface area contributed by atoms with Crippen molar-refractivity contribution in [2.45, 2.75) is 60.6 Å². The van der Waals surface area contributed by atoms with Gasteiger partial charge in [0.25, 0.3) is 0 Å². The van der Waals surface area contributed by atoms with Gasteiger partial charge in [0.2, 0.25) is 5.91 Å². The number of carbonyl (C=O) groups is 1. The van der Waals surface area contributed by atoms with Crippen molar-refractivity contribution in [1.82, 2.24) is 15.6 Å². The van der Waals surface area contributed by atoms with Crippen molar-refractivity contribution in [2.75, 3.05) is 13.1 Å². The molecule has 166 valence electrons. The van der Waals surface area contributed by atoms with Gasteiger partial charge in [-0.2, -0.15) is 0 Å². The third kappa shape index (κ3) is 4.45. The highest BCUT2D eigenvalue weighted by Crippen LogP contribution is 2.42. The molecule has 0 spiro atoms. The molecule has 31 heavy (non-hydrogen) atoms. The lowest BCUT2D eigenvalue weighted by molar-refractivity contribution is -0.125. The predicted molar refractivity (Wildman–Crippen MR) is 118 cm³/mol. The lowest BCUT2D eigenvalue weighted by Crippen LogP contribution is -2.57. The summed E-state index contributed by atoms with van der Waals surface area (Å²) in [6.07, 6.45) is 7.55. The Morgan fingerprint density at radius 1 is 1.10 bits per heavy atom. The van der Waals surface area contributed by atoms with Crippen LogP contribution in [0.15, 0.2) is 53.7 Å². The smallest absolute Gasteiger partial charge is 0.242 e. The van der Waals surface area contributed by atoms with Gasteiger partial charge in [-0.3, -0.25) is 9.78 Å². The van der Waals surface area contributed by atoms with Gasteiger partial charge >= 0.3 is 0 Å². The topological polar surface area (TPSA) is 97.4 Å². The number of aromatic nitrogens is 1. The van der Waals surface area contributed by atoms with Crippen molar-refractivity contribution in [3.8, 4) is 11.5 Å². The van der Waals surface area contributed by atoms with Gasteiger partial charge in [0.05, 0.1) is 0 Å². The van der Waals surface area contributed by atoms with Crippen LogP contribution in [0.3, 0.4) is 0 Å². The van der Waals surface area contributed by atoms with Crippen LogP contribution in [0.1, 0.15) is 44.9 Å². The van der Waals surface area contributed by atoms with E-state index in [9.17, 15) is 13.2 Å². The van der Waals surface area contributed by atoms with Crippen LogP contribution in [0.5, 0.6) is 11.5 Å². The minimum Gasteiger partial charge on any atom is -0.456 e. The fourth-order valence-corrected chi connectivity index (χ4v) is 6.64. The normalized spacial score (nSPS) is 21.2. The second-order valence-electron chi connectivity index (χ2n) is 8.31. The van der Waals surface area contributed by atoms with Crippen LogP contribution < -0.4 is 15.4 Å². The first-order valence-electron chi connectivity index (χ1n) is 11.0. The van der Waals surface area contributed by atoms with E-state index in [1.54, 1.807) is 18.2 Å². The van der Waals surface area contributed by atoms with Crippen LogP contribution in [-0.2, 0) is 14.6 Å². The van der Waals surface area contributed by atoms with Gasteiger partial charge in [-0.1, -0.05) is 37.5 Å². The number of carbonyl (C=O) groups excluding carboxylic acids is 1. The summed E-state index contributed by atoms with van der Waals surface area (Å²) in [6, 6.07) is 10.5. The molecule has 1 saturated carbocycles. The van der Waals surface area contributed by atoms with Crippen LogP contribution in [0.2, 0.25) is 0 Å². The second kappa shape index (κ2) is 9.36. The van der Waals surface area contributed by atoms with Gasteiger partial charge < -0.3 is 15.4 Å². The number of hydrogen-bond donors (Lipinski definition) is 2. The van der Waals surface area contributed by atoms with Crippen LogP contribution in [0.25, 0.3) is 0 Å². The molecule has 4 rings (SSSR count). The number of piperidine rings is 1. The Morgan fingerprint density at radius 2 is 1.87 bits per heavy atom. The van der Waals surface area contributed by atoms with Crippen molar-refractivity contribution >= 4 is 15.7 Å². The van der Waals surface area contributed by atoms with E-state index in [1.165, 1.54) is 12.4 Å². The molecular formula is C23H29N3O4S. The van der Waals surface area contributed by atoms with Crippen LogP contribution in [0.4, 0.5) is 0 Å². The third-order valence-corrected chi connectivity index (χ3v) is 8.74. The molecule has 2 aromatic rings. The fraction of sp³-hybridized carbons (Fsp3) is 0.478. The van der Waals surface area contributed by atoms with Crippen molar-refractivity contribution in [2.24, 2.45) is 0 Å². The van der Waals surface area contributed by atoms with E-state index in [2.05, 4.69) is 15.6 Å². The minimum atomic E-state index is -4.04. The molecule has 2 N–H and O–H groups in total. The highest BCUT2D eigenvalue weighted by atomic mass is 32.2. The lowest BCUT2D eigenvalue weighted by atomic mass is 9.87. The number of para-hydroxylation sites is 1. The highest BCUT2D eigenvalue weighted by Gasteiger charge is 2.53. The Morgan fingerprint density at radius 3 is 2.58 bits per heavy atom. The number of ether oxygens (including phenoxy) is 1. The molecule has 1 unspecified atom stereocenters. The molecule has 2 aliphatic rings. The number of rotatable bonds is 6. The van der Waals surface area contributed by atoms with E-state index in [-0.39, 0.29) is 16.7 Å². The fourth-order valence-electron chi connectivity index (χ4n) is 4.51. The van der Waals surface area contributed by atoms with Crippen LogP contribution in [0, 0.1) is 0 Å². The van der Waals surface area contributed by atoms with E-state index in [4.69, 9.17) is 4.74 Å². The Bertz CT molecular complexity index is 998. The first kappa shape index (κ1) is 21.8. The first-order valence-corrected chi connectivity index (χ1v) is 12.4. The van der Waals surface area contributed by atoms with Crippen molar-refractivity contribution < 1.29 is 17.9 Å². The van der Waals surface area contributed by atoms with Crippen molar-refractivity contribution in [1.29, 1.82) is 0 Å². The Labute approximate surface area is 183 Å². The summed E-state index contributed by atoms with van der Waals surface area (Å²) >= 11 is 0. The molecule has 1 aromatic carbocycles. The molecule has 1 saturated heterocycles. The maximum atomic E-state index is 14.0. The number of sulfone groups is 1. The van der Waals surface area contributed by atoms with Gasteiger partial charge in [0.15, 0.2) is 14.6 Å². The number of benzene rings is 1. The summed E-state index contributed by atoms with van der Waals surface area (Å²) < 4.78 is 32.4. The zero-order valence-corrected chi connectivity index (χ0v) is 18.4. The van der Waals surface area contributed by atoms with E-state index in [0.29, 0.717) is 38.0 Å². The largest absolute Gasteiger partial charge is 0.456 e. The first-order chi connectivity index (χ1) is 15.0. The molecule has 1 aliphatic heterocycles. The standard InChI is InChI=1S/C23H29N3O4S/c27-22(26-18-8-7-14-24-16-18)23(12-5-2-6-13-23)31(28,29)21-17-25-15-11-20(21)30-19-9-3-1-4-10-19/h1,3-4,9-11,15,17-18,24H,2,5-8,12-14,16H2,(H,26,27). The minimum absolute atomic E-state index is 0.0299. The molecule has 2 heterocycles. The average molecular weight is 444 g/mol. The number of hydrogen-bond acceptors (Lipinski definition) is 6. The van der Waals surface area contributed by atoms with Gasteiger partial charge in [0.1, 0.15) is 16.4 Å². The molecule has 1 amide bonds. The molecule has 0 radical (unpaired) electrons. The Balaban J connectivity index is 1.69. The van der Waals surface area contributed by atoms with E-state index >= 15 is 0 Å². The van der Waals surface area contributed by atoms with E-state index in [0.717, 1.165) is 25.8 Å². The summed E-state index contributed by atoms with van der Waals surface area (Å²) in [5, 5.41) is 6.30. The second-order valence-corrected chi connectivity index (χ2v) is 10.5. The molecule has 1 aromatic heterocycles. The monoisotopic (exact) mass is 443 g/mol. The maximum absolute atomic E-state index is 14.0. The third-order valence-electron chi connectivity index (χ3n) is 6.23. The van der Waals surface area contributed by atoms with Gasteiger partial charge in [-0.15, -0.1) is 0 Å². The van der Waals surface area contributed by atoms with Crippen molar-refractivity contribution in [3.63, 3.8) is 0 Å². The summed E-state index contributed by atoms with van der Waals surface area (Å²) in [6.45, 7) is 1.59. The summed E-state index contributed by atoms with van der Waals surface area (Å²) in [5.74, 6) is 0.328. The zero-order chi connectivity index (χ0) is 21.7. The number of nitrogens with one attached hydrogen (secondary N) is 2. The van der Waals surface area contributed by atoms with Gasteiger partial charge in [-0.25, -0.2) is 8.42 Å². The van der Waals surface area contributed by atoms with E-state index in [1.807, 2.05) is 18.2 Å². The molecule has 1 aliphatic carbocycles. The molecular weight excluding hydrogens is 414 g/mol. The Kier molecular flexibility index (Phi) is 6.57. The summed E-state index contributed by atoms with van der Waals surface area (Å²) in [7, 11) is -4.04. The molecule has 0 bridgehead atoms. The SMILES string of the molecule is O=C(NC1CCCNC1)C1(S(=O)(=O)c2cnccc2Oc2ccccc2)CCCCC1. The van der Waals surface area contributed by atoms with Gasteiger partial charge in [0, 0.05) is 31.0 Å².